The lowest BCUT2D eigenvalue weighted by Crippen LogP contribution is -2.25. The molecule has 0 spiro atoms. The molecule has 0 saturated carbocycles. The molecule has 0 unspecified atom stereocenters. The van der Waals surface area contributed by atoms with E-state index >= 15 is 0 Å². The van der Waals surface area contributed by atoms with Crippen molar-refractivity contribution < 1.29 is 14.3 Å². The van der Waals surface area contributed by atoms with Gasteiger partial charge in [0.05, 0.1) is 12.8 Å². The van der Waals surface area contributed by atoms with Crippen molar-refractivity contribution in [2.24, 2.45) is 5.92 Å². The van der Waals surface area contributed by atoms with Gasteiger partial charge in [0.25, 0.3) is 11.8 Å². The van der Waals surface area contributed by atoms with Gasteiger partial charge in [-0.15, -0.1) is 0 Å². The largest absolute Gasteiger partial charge is 0.495 e. The summed E-state index contributed by atoms with van der Waals surface area (Å²) in [6.45, 7) is 4.84. The van der Waals surface area contributed by atoms with Crippen LogP contribution in [0, 0.1) is 5.92 Å². The summed E-state index contributed by atoms with van der Waals surface area (Å²) in [6.07, 6.45) is 0.924. The van der Waals surface area contributed by atoms with E-state index in [1.165, 1.54) is 7.11 Å². The first-order chi connectivity index (χ1) is 12.4. The zero-order valence-corrected chi connectivity index (χ0v) is 15.9. The molecule has 0 radical (unpaired) electrons. The topological polar surface area (TPSA) is 67.4 Å². The van der Waals surface area contributed by atoms with Crippen LogP contribution >= 0.6 is 11.6 Å². The predicted octanol–water partition coefficient (Wildman–Crippen LogP) is 4.38. The molecule has 6 heteroatoms. The molecule has 26 heavy (non-hydrogen) atoms. The fraction of sp³-hybridized carbons (Fsp3) is 0.300. The molecule has 0 aromatic heterocycles. The monoisotopic (exact) mass is 374 g/mol. The highest BCUT2D eigenvalue weighted by atomic mass is 35.5. The molecule has 2 N–H and O–H groups in total. The second-order valence-electron chi connectivity index (χ2n) is 6.31. The lowest BCUT2D eigenvalue weighted by atomic mass is 10.1. The Hall–Kier alpha value is -2.53. The number of halogens is 1. The number of ether oxygens (including phenoxy) is 1. The minimum absolute atomic E-state index is 0.144. The van der Waals surface area contributed by atoms with Gasteiger partial charge in [-0.25, -0.2) is 0 Å². The van der Waals surface area contributed by atoms with E-state index in [0.717, 1.165) is 6.42 Å². The molecule has 2 aromatic carbocycles. The summed E-state index contributed by atoms with van der Waals surface area (Å²) in [5.74, 6) is 0.597. The van der Waals surface area contributed by atoms with Gasteiger partial charge < -0.3 is 15.4 Å². The number of rotatable bonds is 7. The number of amides is 2. The number of benzene rings is 2. The highest BCUT2D eigenvalue weighted by molar-refractivity contribution is 6.31. The third-order valence-corrected chi connectivity index (χ3v) is 4.06. The molecule has 0 aliphatic rings. The first kappa shape index (κ1) is 19.8. The maximum atomic E-state index is 12.4. The fourth-order valence-corrected chi connectivity index (χ4v) is 2.49. The molecule has 5 nitrogen and oxygen atoms in total. The van der Waals surface area contributed by atoms with E-state index in [4.69, 9.17) is 16.3 Å². The van der Waals surface area contributed by atoms with Crippen molar-refractivity contribution in [2.75, 3.05) is 19.0 Å². The molecule has 2 aromatic rings. The highest BCUT2D eigenvalue weighted by Crippen LogP contribution is 2.28. The Bertz CT molecular complexity index is 773. The van der Waals surface area contributed by atoms with Gasteiger partial charge in [-0.2, -0.15) is 0 Å². The molecule has 0 atom stereocenters. The van der Waals surface area contributed by atoms with Crippen LogP contribution in [-0.4, -0.2) is 25.5 Å². The van der Waals surface area contributed by atoms with Crippen molar-refractivity contribution in [3.05, 3.63) is 58.6 Å². The van der Waals surface area contributed by atoms with Crippen LogP contribution in [0.15, 0.2) is 42.5 Å². The van der Waals surface area contributed by atoms with Crippen LogP contribution < -0.4 is 15.4 Å². The average Bonchev–Trinajstić information content (AvgIpc) is 2.61. The van der Waals surface area contributed by atoms with Gasteiger partial charge in [-0.3, -0.25) is 9.59 Å². The second kappa shape index (κ2) is 9.25. The Balaban J connectivity index is 2.02. The normalized spacial score (nSPS) is 10.5. The summed E-state index contributed by atoms with van der Waals surface area (Å²) in [4.78, 5) is 24.5. The van der Waals surface area contributed by atoms with Crippen molar-refractivity contribution in [3.8, 4) is 5.75 Å². The number of hydrogen-bond acceptors (Lipinski definition) is 3. The van der Waals surface area contributed by atoms with Gasteiger partial charge in [0.1, 0.15) is 5.75 Å². The van der Waals surface area contributed by atoms with Crippen LogP contribution in [0.2, 0.25) is 5.02 Å². The molecule has 0 heterocycles. The molecular weight excluding hydrogens is 352 g/mol. The van der Waals surface area contributed by atoms with Crippen LogP contribution in [0.3, 0.4) is 0 Å². The molecule has 0 saturated heterocycles. The van der Waals surface area contributed by atoms with E-state index < -0.39 is 0 Å². The number of methoxy groups -OCH3 is 1. The summed E-state index contributed by atoms with van der Waals surface area (Å²) in [5, 5.41) is 6.13. The molecule has 0 fully saturated rings. The molecule has 2 amide bonds. The van der Waals surface area contributed by atoms with Crippen molar-refractivity contribution in [2.45, 2.75) is 20.3 Å². The Morgan fingerprint density at radius 2 is 1.65 bits per heavy atom. The predicted molar refractivity (Wildman–Crippen MR) is 104 cm³/mol. The minimum atomic E-state index is -0.308. The minimum Gasteiger partial charge on any atom is -0.495 e. The number of carbonyl (C=O) groups excluding carboxylic acids is 2. The van der Waals surface area contributed by atoms with Crippen molar-refractivity contribution in [1.82, 2.24) is 5.32 Å². The van der Waals surface area contributed by atoms with Gasteiger partial charge in [-0.1, -0.05) is 25.4 Å². The number of hydrogen-bond donors (Lipinski definition) is 2. The quantitative estimate of drug-likeness (QED) is 0.755. The number of carbonyl (C=O) groups is 2. The van der Waals surface area contributed by atoms with E-state index in [9.17, 15) is 9.59 Å². The van der Waals surface area contributed by atoms with Crippen LogP contribution in [0.1, 0.15) is 41.0 Å². The van der Waals surface area contributed by atoms with Crippen molar-refractivity contribution >= 4 is 29.1 Å². The standard InChI is InChI=1S/C20H23ClN2O3/c1-13(2)10-11-22-19(24)14-4-6-15(7-5-14)20(25)23-17-12-16(21)8-9-18(17)26-3/h4-9,12-13H,10-11H2,1-3H3,(H,22,24)(H,23,25). The van der Waals surface area contributed by atoms with E-state index in [1.54, 1.807) is 42.5 Å². The Labute approximate surface area is 158 Å². The Kier molecular flexibility index (Phi) is 7.04. The van der Waals surface area contributed by atoms with Gasteiger partial charge >= 0.3 is 0 Å². The lowest BCUT2D eigenvalue weighted by Gasteiger charge is -2.11. The van der Waals surface area contributed by atoms with E-state index in [2.05, 4.69) is 24.5 Å². The van der Waals surface area contributed by atoms with Crippen LogP contribution in [0.5, 0.6) is 5.75 Å². The van der Waals surface area contributed by atoms with Crippen LogP contribution in [0.25, 0.3) is 0 Å². The van der Waals surface area contributed by atoms with Crippen LogP contribution in [-0.2, 0) is 0 Å². The van der Waals surface area contributed by atoms with Gasteiger partial charge in [-0.05, 0) is 54.8 Å². The van der Waals surface area contributed by atoms with Gasteiger partial charge in [0.15, 0.2) is 0 Å². The molecule has 0 aliphatic carbocycles. The first-order valence-electron chi connectivity index (χ1n) is 8.44. The SMILES string of the molecule is COc1ccc(Cl)cc1NC(=O)c1ccc(C(=O)NCCC(C)C)cc1. The molecule has 0 bridgehead atoms. The Morgan fingerprint density at radius 1 is 1.04 bits per heavy atom. The maximum Gasteiger partial charge on any atom is 0.255 e. The Morgan fingerprint density at radius 3 is 2.23 bits per heavy atom. The van der Waals surface area contributed by atoms with Crippen molar-refractivity contribution in [3.63, 3.8) is 0 Å². The zero-order chi connectivity index (χ0) is 19.1. The van der Waals surface area contributed by atoms with Gasteiger partial charge in [0, 0.05) is 22.7 Å². The fourth-order valence-electron chi connectivity index (χ4n) is 2.32. The molecule has 138 valence electrons. The second-order valence-corrected chi connectivity index (χ2v) is 6.75. The number of anilines is 1. The molecule has 0 aliphatic heterocycles. The highest BCUT2D eigenvalue weighted by Gasteiger charge is 2.12. The summed E-state index contributed by atoms with van der Waals surface area (Å²) in [7, 11) is 1.52. The van der Waals surface area contributed by atoms with E-state index in [0.29, 0.717) is 40.0 Å². The molecular formula is C20H23ClN2O3. The number of nitrogens with one attached hydrogen (secondary N) is 2. The maximum absolute atomic E-state index is 12.4. The summed E-state index contributed by atoms with van der Waals surface area (Å²) < 4.78 is 5.22. The average molecular weight is 375 g/mol. The van der Waals surface area contributed by atoms with E-state index in [-0.39, 0.29) is 11.8 Å². The van der Waals surface area contributed by atoms with E-state index in [1.807, 2.05) is 0 Å². The zero-order valence-electron chi connectivity index (χ0n) is 15.1. The smallest absolute Gasteiger partial charge is 0.255 e. The summed E-state index contributed by atoms with van der Waals surface area (Å²) in [5.41, 5.74) is 1.44. The van der Waals surface area contributed by atoms with Crippen LogP contribution in [0.4, 0.5) is 5.69 Å². The van der Waals surface area contributed by atoms with Gasteiger partial charge in [0.2, 0.25) is 0 Å². The summed E-state index contributed by atoms with van der Waals surface area (Å²) in [6, 6.07) is 11.5. The third kappa shape index (κ3) is 5.49. The molecule has 2 rings (SSSR count). The van der Waals surface area contributed by atoms with Crippen molar-refractivity contribution in [1.29, 1.82) is 0 Å². The third-order valence-electron chi connectivity index (χ3n) is 3.83. The summed E-state index contributed by atoms with van der Waals surface area (Å²) >= 11 is 5.97. The first-order valence-corrected chi connectivity index (χ1v) is 8.81. The lowest BCUT2D eigenvalue weighted by molar-refractivity contribution is 0.0950.